The monoisotopic (exact) mass is 273 g/mol. The Balaban J connectivity index is 2.73. The minimum absolute atomic E-state index is 0.390. The molecule has 1 aromatic heterocycles. The second-order valence-corrected chi connectivity index (χ2v) is 6.56. The van der Waals surface area contributed by atoms with Gasteiger partial charge in [-0.1, -0.05) is 11.3 Å². The normalized spacial score (nSPS) is 11.9. The van der Waals surface area contributed by atoms with Crippen molar-refractivity contribution in [1.29, 1.82) is 0 Å². The van der Waals surface area contributed by atoms with Gasteiger partial charge < -0.3 is 4.42 Å². The van der Waals surface area contributed by atoms with Crippen LogP contribution in [0.3, 0.4) is 0 Å². The van der Waals surface area contributed by atoms with Gasteiger partial charge in [0.2, 0.25) is 10.0 Å². The molecule has 0 spiro atoms. The van der Waals surface area contributed by atoms with Crippen molar-refractivity contribution in [2.45, 2.75) is 13.8 Å². The summed E-state index contributed by atoms with van der Waals surface area (Å²) < 4.78 is 30.5. The molecule has 0 atom stereocenters. The summed E-state index contributed by atoms with van der Waals surface area (Å²) >= 11 is 0.958. The van der Waals surface area contributed by atoms with Gasteiger partial charge in [0, 0.05) is 0 Å². The van der Waals surface area contributed by atoms with Gasteiger partial charge in [0.15, 0.2) is 5.58 Å². The van der Waals surface area contributed by atoms with Crippen LogP contribution < -0.4 is 9.66 Å². The molecule has 2 rings (SSSR count). The largest absolute Gasteiger partial charge is 0.414 e. The summed E-state index contributed by atoms with van der Waals surface area (Å²) in [7, 11) is -3.33. The van der Waals surface area contributed by atoms with Crippen LogP contribution in [0.1, 0.15) is 11.1 Å². The number of rotatable bonds is 2. The van der Waals surface area contributed by atoms with E-state index >= 15 is 0 Å². The summed E-state index contributed by atoms with van der Waals surface area (Å²) in [6, 6.07) is 1.62. The van der Waals surface area contributed by atoms with Crippen molar-refractivity contribution in [3.05, 3.63) is 26.9 Å². The van der Waals surface area contributed by atoms with Gasteiger partial charge in [-0.15, -0.1) is 0 Å². The molecule has 0 aliphatic heterocycles. The summed E-state index contributed by atoms with van der Waals surface area (Å²) in [4.78, 5) is 10.8. The molecule has 0 amide bonds. The summed E-state index contributed by atoms with van der Waals surface area (Å²) in [5, 5.41) is 0. The van der Waals surface area contributed by atoms with Crippen molar-refractivity contribution in [3.63, 3.8) is 0 Å². The molecule has 5 nitrogen and oxygen atoms in total. The van der Waals surface area contributed by atoms with E-state index in [4.69, 9.17) is 4.42 Å². The number of hydrogen-bond acceptors (Lipinski definition) is 5. The predicted octanol–water partition coefficient (Wildman–Crippen LogP) is 1.84. The fraction of sp³-hybridized carbons (Fsp3) is 0.300. The van der Waals surface area contributed by atoms with Crippen LogP contribution in [0.2, 0.25) is 0 Å². The van der Waals surface area contributed by atoms with Crippen LogP contribution in [0.4, 0.5) is 5.69 Å². The molecule has 92 valence electrons. The van der Waals surface area contributed by atoms with E-state index in [-0.39, 0.29) is 4.94 Å². The van der Waals surface area contributed by atoms with E-state index < -0.39 is 10.0 Å². The summed E-state index contributed by atoms with van der Waals surface area (Å²) in [5.74, 6) is 0. The third-order valence-corrected chi connectivity index (χ3v) is 3.84. The van der Waals surface area contributed by atoms with Gasteiger partial charge in [0.25, 0.3) is 0 Å². The van der Waals surface area contributed by atoms with Gasteiger partial charge in [0.1, 0.15) is 0 Å². The molecule has 0 saturated carbocycles. The highest BCUT2D eigenvalue weighted by Crippen LogP contribution is 2.30. The standard InChI is InChI=1S/C10H11NO4S2/c1-5-6(2)9-8(16-10(12)15-9)4-7(5)11-17(3,13)14/h4,11H,1-3H3. The van der Waals surface area contributed by atoms with Crippen molar-refractivity contribution >= 4 is 37.3 Å². The lowest BCUT2D eigenvalue weighted by atomic mass is 10.1. The van der Waals surface area contributed by atoms with Gasteiger partial charge in [0.05, 0.1) is 16.6 Å². The average Bonchev–Trinajstić information content (AvgIpc) is 2.53. The number of hydrogen-bond donors (Lipinski definition) is 1. The topological polar surface area (TPSA) is 76.4 Å². The summed E-state index contributed by atoms with van der Waals surface area (Å²) in [5.41, 5.74) is 2.53. The van der Waals surface area contributed by atoms with E-state index in [1.807, 2.05) is 0 Å². The molecule has 1 aromatic carbocycles. The fourth-order valence-corrected chi connectivity index (χ4v) is 2.94. The number of anilines is 1. The van der Waals surface area contributed by atoms with E-state index in [1.165, 1.54) is 0 Å². The molecule has 17 heavy (non-hydrogen) atoms. The highest BCUT2D eigenvalue weighted by atomic mass is 32.2. The molecular formula is C10H11NO4S2. The molecule has 2 aromatic rings. The minimum atomic E-state index is -3.33. The zero-order chi connectivity index (χ0) is 12.8. The van der Waals surface area contributed by atoms with Crippen LogP contribution in [-0.2, 0) is 10.0 Å². The first-order chi connectivity index (χ1) is 7.78. The van der Waals surface area contributed by atoms with Gasteiger partial charge >= 0.3 is 4.94 Å². The van der Waals surface area contributed by atoms with E-state index in [2.05, 4.69) is 4.72 Å². The lowest BCUT2D eigenvalue weighted by molar-refractivity contribution is 0.583. The van der Waals surface area contributed by atoms with Crippen LogP contribution in [0.15, 0.2) is 15.3 Å². The van der Waals surface area contributed by atoms with E-state index in [1.54, 1.807) is 19.9 Å². The Kier molecular flexibility index (Phi) is 2.75. The first-order valence-corrected chi connectivity index (χ1v) is 7.50. The quantitative estimate of drug-likeness (QED) is 0.905. The Bertz CT molecular complexity index is 739. The highest BCUT2D eigenvalue weighted by molar-refractivity contribution is 7.92. The second kappa shape index (κ2) is 3.85. The third kappa shape index (κ3) is 2.34. The average molecular weight is 273 g/mol. The van der Waals surface area contributed by atoms with Gasteiger partial charge in [-0.3, -0.25) is 4.72 Å². The molecule has 1 heterocycles. The molecule has 0 bridgehead atoms. The van der Waals surface area contributed by atoms with Crippen molar-refractivity contribution in [3.8, 4) is 0 Å². The smallest absolute Gasteiger partial charge is 0.396 e. The second-order valence-electron chi connectivity index (χ2n) is 3.83. The number of aryl methyl sites for hydroxylation is 1. The Hall–Kier alpha value is -1.34. The highest BCUT2D eigenvalue weighted by Gasteiger charge is 2.13. The van der Waals surface area contributed by atoms with Gasteiger partial charge in [-0.25, -0.2) is 13.2 Å². The zero-order valence-electron chi connectivity index (χ0n) is 9.53. The Morgan fingerprint density at radius 1 is 1.29 bits per heavy atom. The number of sulfonamides is 1. The molecule has 7 heteroatoms. The SMILES string of the molecule is Cc1c(NS(C)(=O)=O)cc2sc(=O)oc2c1C. The number of fused-ring (bicyclic) bond motifs is 1. The van der Waals surface area contributed by atoms with Crippen LogP contribution in [0, 0.1) is 13.8 Å². The maximum Gasteiger partial charge on any atom is 0.396 e. The molecule has 0 fully saturated rings. The molecular weight excluding hydrogens is 262 g/mol. The van der Waals surface area contributed by atoms with Gasteiger partial charge in [-0.05, 0) is 31.0 Å². The predicted molar refractivity (Wildman–Crippen MR) is 68.3 cm³/mol. The molecule has 0 aliphatic carbocycles. The lowest BCUT2D eigenvalue weighted by Gasteiger charge is -2.09. The van der Waals surface area contributed by atoms with Crippen LogP contribution >= 0.6 is 11.3 Å². The molecule has 0 aliphatic rings. The maximum atomic E-state index is 11.2. The summed E-state index contributed by atoms with van der Waals surface area (Å²) in [6.45, 7) is 3.57. The first-order valence-electron chi connectivity index (χ1n) is 4.79. The molecule has 1 N–H and O–H groups in total. The van der Waals surface area contributed by atoms with Crippen LogP contribution in [-0.4, -0.2) is 14.7 Å². The Morgan fingerprint density at radius 2 is 1.94 bits per heavy atom. The zero-order valence-corrected chi connectivity index (χ0v) is 11.2. The van der Waals surface area contributed by atoms with Gasteiger partial charge in [-0.2, -0.15) is 0 Å². The lowest BCUT2D eigenvalue weighted by Crippen LogP contribution is -2.10. The fourth-order valence-electron chi connectivity index (χ4n) is 1.56. The Morgan fingerprint density at radius 3 is 2.53 bits per heavy atom. The van der Waals surface area contributed by atoms with Crippen molar-refractivity contribution in [2.75, 3.05) is 11.0 Å². The number of benzene rings is 1. The van der Waals surface area contributed by atoms with E-state index in [0.717, 1.165) is 28.7 Å². The van der Waals surface area contributed by atoms with Crippen molar-refractivity contribution < 1.29 is 12.8 Å². The third-order valence-electron chi connectivity index (χ3n) is 2.48. The first kappa shape index (κ1) is 12.1. The molecule has 0 radical (unpaired) electrons. The van der Waals surface area contributed by atoms with Crippen molar-refractivity contribution in [2.24, 2.45) is 0 Å². The number of nitrogens with one attached hydrogen (secondary N) is 1. The Labute approximate surface area is 102 Å². The summed E-state index contributed by atoms with van der Waals surface area (Å²) in [6.07, 6.45) is 1.09. The minimum Gasteiger partial charge on any atom is -0.414 e. The van der Waals surface area contributed by atoms with E-state index in [0.29, 0.717) is 16.0 Å². The van der Waals surface area contributed by atoms with E-state index in [9.17, 15) is 13.2 Å². The maximum absolute atomic E-state index is 11.2. The molecule has 0 saturated heterocycles. The molecule has 0 unspecified atom stereocenters. The van der Waals surface area contributed by atoms with Crippen LogP contribution in [0.5, 0.6) is 0 Å². The van der Waals surface area contributed by atoms with Crippen molar-refractivity contribution in [1.82, 2.24) is 0 Å². The van der Waals surface area contributed by atoms with Crippen LogP contribution in [0.25, 0.3) is 10.3 Å².